The van der Waals surface area contributed by atoms with Gasteiger partial charge in [-0.3, -0.25) is 0 Å². The molecule has 0 N–H and O–H groups in total. The zero-order chi connectivity index (χ0) is 21.7. The molecule has 0 saturated carbocycles. The summed E-state index contributed by atoms with van der Waals surface area (Å²) in [5.41, 5.74) is 1.74. The van der Waals surface area contributed by atoms with Crippen LogP contribution in [0.2, 0.25) is 0 Å². The Labute approximate surface area is 185 Å². The quantitative estimate of drug-likeness (QED) is 0.518. The molecule has 0 saturated heterocycles. The lowest BCUT2D eigenvalue weighted by molar-refractivity contribution is -0.137. The Hall–Kier alpha value is -2.29. The molecule has 3 aromatic rings. The van der Waals surface area contributed by atoms with Crippen molar-refractivity contribution in [2.45, 2.75) is 24.4 Å². The highest BCUT2D eigenvalue weighted by Gasteiger charge is 2.32. The van der Waals surface area contributed by atoms with E-state index < -0.39 is 21.8 Å². The average molecular weight is 471 g/mol. The first-order chi connectivity index (χ1) is 14.1. The molecule has 9 heteroatoms. The number of hydrogen-bond donors (Lipinski definition) is 0. The van der Waals surface area contributed by atoms with Gasteiger partial charge in [0.1, 0.15) is 0 Å². The molecule has 31 heavy (non-hydrogen) atoms. The first-order valence-electron chi connectivity index (χ1n) is 9.50. The number of benzene rings is 2. The summed E-state index contributed by atoms with van der Waals surface area (Å²) in [6, 6.07) is 9.62. The van der Waals surface area contributed by atoms with Gasteiger partial charge in [-0.25, -0.2) is 12.4 Å². The van der Waals surface area contributed by atoms with E-state index in [4.69, 9.17) is 0 Å². The van der Waals surface area contributed by atoms with Crippen LogP contribution in [0.4, 0.5) is 13.2 Å². The van der Waals surface area contributed by atoms with Crippen molar-refractivity contribution < 1.29 is 21.6 Å². The minimum absolute atomic E-state index is 0. The predicted molar refractivity (Wildman–Crippen MR) is 118 cm³/mol. The molecule has 0 aliphatic carbocycles. The lowest BCUT2D eigenvalue weighted by Gasteiger charge is -2.21. The summed E-state index contributed by atoms with van der Waals surface area (Å²) in [5, 5.41) is 0.288. The second-order valence-electron chi connectivity index (χ2n) is 7.63. The Balaban J connectivity index is 0.00000272. The predicted octanol–water partition coefficient (Wildman–Crippen LogP) is 5.35. The number of aryl methyl sites for hydroxylation is 1. The van der Waals surface area contributed by atoms with Crippen LogP contribution < -0.4 is 0 Å². The van der Waals surface area contributed by atoms with Crippen molar-refractivity contribution in [2.24, 2.45) is 0 Å². The molecule has 0 bridgehead atoms. The van der Waals surface area contributed by atoms with Crippen LogP contribution in [-0.4, -0.2) is 37.4 Å². The maximum atomic E-state index is 13.3. The number of alkyl halides is 3. The molecule has 1 aliphatic heterocycles. The van der Waals surface area contributed by atoms with Gasteiger partial charge in [-0.05, 0) is 56.3 Å². The van der Waals surface area contributed by atoms with Gasteiger partial charge in [0.05, 0.1) is 16.0 Å². The van der Waals surface area contributed by atoms with Gasteiger partial charge in [-0.2, -0.15) is 13.2 Å². The topological polar surface area (TPSA) is 42.3 Å². The SMILES string of the molecule is Cc1ccc(S(=O)(=O)n2cc(C3=CCN(C)CC3)c3cc(C(F)(F)F)ccc32)cc1.Cl. The standard InChI is InChI=1S/C22H21F3N2O2S.ClH/c1-15-3-6-18(7-4-15)30(28,29)27-14-20(16-9-11-26(2)12-10-16)19-13-17(22(23,24)25)5-8-21(19)27;/h3-9,13-14H,10-12H2,1-2H3;1H. The fourth-order valence-electron chi connectivity index (χ4n) is 3.67. The summed E-state index contributed by atoms with van der Waals surface area (Å²) in [5.74, 6) is 0. The third-order valence-corrected chi connectivity index (χ3v) is 7.12. The Morgan fingerprint density at radius 2 is 1.71 bits per heavy atom. The number of aromatic nitrogens is 1. The largest absolute Gasteiger partial charge is 0.416 e. The number of fused-ring (bicyclic) bond motifs is 1. The van der Waals surface area contributed by atoms with Crippen molar-refractivity contribution in [1.29, 1.82) is 0 Å². The zero-order valence-corrected chi connectivity index (χ0v) is 18.6. The first-order valence-corrected chi connectivity index (χ1v) is 10.9. The van der Waals surface area contributed by atoms with Crippen molar-refractivity contribution in [3.05, 3.63) is 71.4 Å². The van der Waals surface area contributed by atoms with Crippen LogP contribution in [-0.2, 0) is 16.2 Å². The summed E-state index contributed by atoms with van der Waals surface area (Å²) in [6.45, 7) is 3.26. The Bertz CT molecular complexity index is 1250. The minimum Gasteiger partial charge on any atom is -0.302 e. The Morgan fingerprint density at radius 3 is 2.29 bits per heavy atom. The Morgan fingerprint density at radius 1 is 1.03 bits per heavy atom. The molecule has 0 unspecified atom stereocenters. The van der Waals surface area contributed by atoms with Crippen LogP contribution in [0, 0.1) is 6.92 Å². The normalized spacial score (nSPS) is 15.6. The lowest BCUT2D eigenvalue weighted by atomic mass is 9.98. The van der Waals surface area contributed by atoms with E-state index in [1.165, 1.54) is 24.4 Å². The van der Waals surface area contributed by atoms with E-state index in [0.717, 1.165) is 33.8 Å². The fourth-order valence-corrected chi connectivity index (χ4v) is 5.04. The molecule has 4 rings (SSSR count). The van der Waals surface area contributed by atoms with Gasteiger partial charge in [-0.15, -0.1) is 12.4 Å². The van der Waals surface area contributed by atoms with E-state index in [2.05, 4.69) is 4.90 Å². The lowest BCUT2D eigenvalue weighted by Crippen LogP contribution is -2.23. The second-order valence-corrected chi connectivity index (χ2v) is 9.44. The number of halogens is 4. The van der Waals surface area contributed by atoms with E-state index in [9.17, 15) is 21.6 Å². The molecule has 1 aliphatic rings. The van der Waals surface area contributed by atoms with Gasteiger partial charge in [0.25, 0.3) is 10.0 Å². The van der Waals surface area contributed by atoms with E-state index in [1.807, 2.05) is 20.0 Å². The number of hydrogen-bond acceptors (Lipinski definition) is 3. The van der Waals surface area contributed by atoms with Crippen LogP contribution in [0.5, 0.6) is 0 Å². The van der Waals surface area contributed by atoms with Crippen LogP contribution in [0.3, 0.4) is 0 Å². The molecular weight excluding hydrogens is 449 g/mol. The van der Waals surface area contributed by atoms with E-state index in [-0.39, 0.29) is 28.2 Å². The van der Waals surface area contributed by atoms with Gasteiger partial charge in [0.15, 0.2) is 0 Å². The van der Waals surface area contributed by atoms with E-state index >= 15 is 0 Å². The van der Waals surface area contributed by atoms with E-state index in [1.54, 1.807) is 12.1 Å². The second kappa shape index (κ2) is 8.33. The number of nitrogens with zero attached hydrogens (tertiary/aromatic N) is 2. The number of rotatable bonds is 3. The summed E-state index contributed by atoms with van der Waals surface area (Å²) in [7, 11) is -2.00. The third-order valence-electron chi connectivity index (χ3n) is 5.43. The van der Waals surface area contributed by atoms with Gasteiger partial charge >= 0.3 is 6.18 Å². The van der Waals surface area contributed by atoms with Crippen molar-refractivity contribution in [3.63, 3.8) is 0 Å². The van der Waals surface area contributed by atoms with Gasteiger partial charge in [-0.1, -0.05) is 23.8 Å². The van der Waals surface area contributed by atoms with Gasteiger partial charge < -0.3 is 4.90 Å². The molecule has 0 atom stereocenters. The minimum atomic E-state index is -4.51. The van der Waals surface area contributed by atoms with Crippen molar-refractivity contribution in [2.75, 3.05) is 20.1 Å². The van der Waals surface area contributed by atoms with Crippen molar-refractivity contribution in [3.8, 4) is 0 Å². The molecule has 166 valence electrons. The highest BCUT2D eigenvalue weighted by molar-refractivity contribution is 7.90. The van der Waals surface area contributed by atoms with Crippen molar-refractivity contribution in [1.82, 2.24) is 8.87 Å². The molecular formula is C22H22ClF3N2O2S. The zero-order valence-electron chi connectivity index (χ0n) is 17.0. The molecule has 0 radical (unpaired) electrons. The molecule has 0 fully saturated rings. The third kappa shape index (κ3) is 4.37. The summed E-state index contributed by atoms with van der Waals surface area (Å²) < 4.78 is 67.7. The summed E-state index contributed by atoms with van der Waals surface area (Å²) in [6.07, 6.45) is -0.473. The molecule has 1 aromatic heterocycles. The highest BCUT2D eigenvalue weighted by atomic mass is 35.5. The summed E-state index contributed by atoms with van der Waals surface area (Å²) >= 11 is 0. The molecule has 2 heterocycles. The maximum absolute atomic E-state index is 13.3. The first kappa shape index (κ1) is 23.4. The van der Waals surface area contributed by atoms with Gasteiger partial charge in [0, 0.05) is 30.2 Å². The van der Waals surface area contributed by atoms with Crippen LogP contribution in [0.15, 0.2) is 59.6 Å². The molecule has 0 spiro atoms. The van der Waals surface area contributed by atoms with Crippen LogP contribution in [0.1, 0.15) is 23.1 Å². The maximum Gasteiger partial charge on any atom is 0.416 e. The molecule has 2 aromatic carbocycles. The van der Waals surface area contributed by atoms with E-state index in [0.29, 0.717) is 18.5 Å². The summed E-state index contributed by atoms with van der Waals surface area (Å²) in [4.78, 5) is 2.18. The molecule has 4 nitrogen and oxygen atoms in total. The van der Waals surface area contributed by atoms with Crippen LogP contribution >= 0.6 is 12.4 Å². The monoisotopic (exact) mass is 470 g/mol. The van der Waals surface area contributed by atoms with Gasteiger partial charge in [0.2, 0.25) is 0 Å². The fraction of sp³-hybridized carbons (Fsp3) is 0.273. The van der Waals surface area contributed by atoms with Crippen LogP contribution in [0.25, 0.3) is 16.5 Å². The smallest absolute Gasteiger partial charge is 0.302 e. The highest BCUT2D eigenvalue weighted by Crippen LogP contribution is 2.37. The average Bonchev–Trinajstić information content (AvgIpc) is 3.08. The Kier molecular flexibility index (Phi) is 6.28. The van der Waals surface area contributed by atoms with Crippen molar-refractivity contribution >= 4 is 38.9 Å². The molecule has 0 amide bonds. The number of likely N-dealkylation sites (N-methyl/N-ethyl adjacent to an activating group) is 1.